The molecule has 29 heavy (non-hydrogen) atoms. The summed E-state index contributed by atoms with van der Waals surface area (Å²) in [5.41, 5.74) is 2.53. The van der Waals surface area contributed by atoms with Crippen LogP contribution in [0.15, 0.2) is 77.7 Å². The molecule has 0 atom stereocenters. The summed E-state index contributed by atoms with van der Waals surface area (Å²) in [4.78, 5) is 3.96. The molecule has 0 radical (unpaired) electrons. The molecule has 0 heterocycles. The summed E-state index contributed by atoms with van der Waals surface area (Å²) in [6, 6.07) is 21.1. The Bertz CT molecular complexity index is 1060. The molecule has 0 fully saturated rings. The van der Waals surface area contributed by atoms with Crippen LogP contribution in [0.2, 0.25) is 5.02 Å². The quantitative estimate of drug-likeness (QED) is 0.553. The van der Waals surface area contributed by atoms with Crippen LogP contribution in [0.3, 0.4) is 0 Å². The first-order valence-corrected chi connectivity index (χ1v) is 10.9. The molecule has 152 valence electrons. The minimum Gasteiger partial charge on any atom is -0.376 e. The highest BCUT2D eigenvalue weighted by Gasteiger charge is 2.28. The predicted octanol–water partition coefficient (Wildman–Crippen LogP) is 5.00. The minimum atomic E-state index is -3.85. The van der Waals surface area contributed by atoms with Crippen molar-refractivity contribution in [3.8, 4) is 0 Å². The molecule has 0 saturated carbocycles. The summed E-state index contributed by atoms with van der Waals surface area (Å²) >= 11 is 6.60. The Morgan fingerprint density at radius 1 is 0.690 bits per heavy atom. The highest BCUT2D eigenvalue weighted by molar-refractivity contribution is 7.93. The number of nitrogens with zero attached hydrogens (tertiary/aromatic N) is 3. The zero-order chi connectivity index (χ0) is 21.2. The largest absolute Gasteiger partial charge is 0.376 e. The number of para-hydroxylation sites is 1. The van der Waals surface area contributed by atoms with Gasteiger partial charge in [0.1, 0.15) is 0 Å². The van der Waals surface area contributed by atoms with Gasteiger partial charge in [0.25, 0.3) is 10.0 Å². The van der Waals surface area contributed by atoms with E-state index in [1.54, 1.807) is 54.6 Å². The van der Waals surface area contributed by atoms with Gasteiger partial charge in [-0.2, -0.15) is 0 Å². The Labute approximate surface area is 177 Å². The highest BCUT2D eigenvalue weighted by atomic mass is 35.5. The summed E-state index contributed by atoms with van der Waals surface area (Å²) in [6.45, 7) is 0. The van der Waals surface area contributed by atoms with E-state index in [0.717, 1.165) is 11.4 Å². The maximum Gasteiger partial charge on any atom is 0.268 e. The van der Waals surface area contributed by atoms with Gasteiger partial charge < -0.3 is 9.80 Å². The molecule has 3 aromatic carbocycles. The monoisotopic (exact) mass is 429 g/mol. The van der Waals surface area contributed by atoms with E-state index in [-0.39, 0.29) is 4.90 Å². The fourth-order valence-electron chi connectivity index (χ4n) is 3.04. The topological polar surface area (TPSA) is 43.9 Å². The lowest BCUT2D eigenvalue weighted by Crippen LogP contribution is -2.27. The molecule has 7 heteroatoms. The van der Waals surface area contributed by atoms with Gasteiger partial charge in [0.15, 0.2) is 0 Å². The van der Waals surface area contributed by atoms with Gasteiger partial charge in [-0.15, -0.1) is 0 Å². The van der Waals surface area contributed by atoms with Crippen molar-refractivity contribution in [3.63, 3.8) is 0 Å². The molecule has 0 aliphatic heterocycles. The van der Waals surface area contributed by atoms with E-state index < -0.39 is 10.0 Å². The van der Waals surface area contributed by atoms with Gasteiger partial charge in [-0.1, -0.05) is 48.0 Å². The van der Waals surface area contributed by atoms with Crippen molar-refractivity contribution in [3.05, 3.63) is 77.8 Å². The zero-order valence-corrected chi connectivity index (χ0v) is 18.4. The summed E-state index contributed by atoms with van der Waals surface area (Å²) in [7, 11) is 3.66. The van der Waals surface area contributed by atoms with Crippen molar-refractivity contribution in [2.24, 2.45) is 0 Å². The fraction of sp³-hybridized carbons (Fsp3) is 0.182. The number of benzene rings is 3. The Balaban J connectivity index is 2.31. The number of hydrogen-bond donors (Lipinski definition) is 0. The van der Waals surface area contributed by atoms with Gasteiger partial charge in [-0.05, 0) is 36.4 Å². The SMILES string of the molecule is CN(C)c1cc(N(c2ccccc2)S(=O)(=O)c2ccccc2)cc(N(C)C)c1Cl. The fourth-order valence-corrected chi connectivity index (χ4v) is 4.98. The smallest absolute Gasteiger partial charge is 0.268 e. The Hall–Kier alpha value is -2.70. The average Bonchev–Trinajstić information content (AvgIpc) is 2.70. The molecule has 3 aromatic rings. The Morgan fingerprint density at radius 2 is 1.14 bits per heavy atom. The lowest BCUT2D eigenvalue weighted by molar-refractivity contribution is 0.596. The van der Waals surface area contributed by atoms with Gasteiger partial charge in [0.2, 0.25) is 0 Å². The molecule has 5 nitrogen and oxygen atoms in total. The van der Waals surface area contributed by atoms with Crippen molar-refractivity contribution in [1.29, 1.82) is 0 Å². The van der Waals surface area contributed by atoms with Crippen molar-refractivity contribution >= 4 is 44.4 Å². The van der Waals surface area contributed by atoms with Crippen LogP contribution in [0, 0.1) is 0 Å². The number of halogens is 1. The summed E-state index contributed by atoms with van der Waals surface area (Å²) < 4.78 is 28.7. The van der Waals surface area contributed by atoms with E-state index in [1.165, 1.54) is 4.31 Å². The van der Waals surface area contributed by atoms with Crippen LogP contribution in [0.4, 0.5) is 22.7 Å². The molecule has 0 spiro atoms. The van der Waals surface area contributed by atoms with Crippen LogP contribution in [-0.4, -0.2) is 36.6 Å². The van der Waals surface area contributed by atoms with Crippen molar-refractivity contribution in [1.82, 2.24) is 0 Å². The normalized spacial score (nSPS) is 11.2. The van der Waals surface area contributed by atoms with E-state index in [1.807, 2.05) is 56.2 Å². The second kappa shape index (κ2) is 8.35. The molecule has 0 N–H and O–H groups in total. The van der Waals surface area contributed by atoms with Crippen LogP contribution in [0.25, 0.3) is 0 Å². The first-order valence-electron chi connectivity index (χ1n) is 9.07. The number of rotatable bonds is 6. The maximum absolute atomic E-state index is 13.6. The molecular formula is C22H24ClN3O2S. The van der Waals surface area contributed by atoms with Crippen LogP contribution >= 0.6 is 11.6 Å². The molecule has 0 aromatic heterocycles. The number of anilines is 4. The molecule has 3 rings (SSSR count). The minimum absolute atomic E-state index is 0.219. The van der Waals surface area contributed by atoms with Crippen LogP contribution in [-0.2, 0) is 10.0 Å². The first kappa shape index (κ1) is 21.0. The molecule has 0 amide bonds. The highest BCUT2D eigenvalue weighted by Crippen LogP contribution is 2.42. The number of hydrogen-bond acceptors (Lipinski definition) is 4. The van der Waals surface area contributed by atoms with Gasteiger partial charge in [0, 0.05) is 28.2 Å². The summed E-state index contributed by atoms with van der Waals surface area (Å²) in [5, 5.41) is 0.564. The van der Waals surface area contributed by atoms with Crippen molar-refractivity contribution < 1.29 is 8.42 Å². The zero-order valence-electron chi connectivity index (χ0n) is 16.9. The lowest BCUT2D eigenvalue weighted by Gasteiger charge is -2.29. The van der Waals surface area contributed by atoms with E-state index in [9.17, 15) is 8.42 Å². The maximum atomic E-state index is 13.6. The standard InChI is InChI=1S/C22H24ClN3O2S/c1-24(2)20-15-18(16-21(22(20)23)25(3)4)26(17-11-7-5-8-12-17)29(27,28)19-13-9-6-10-14-19/h5-16H,1-4H3. The van der Waals surface area contributed by atoms with Crippen LogP contribution in [0.5, 0.6) is 0 Å². The van der Waals surface area contributed by atoms with E-state index in [0.29, 0.717) is 16.4 Å². The van der Waals surface area contributed by atoms with Crippen molar-refractivity contribution in [2.45, 2.75) is 4.90 Å². The van der Waals surface area contributed by atoms with Crippen LogP contribution < -0.4 is 14.1 Å². The summed E-state index contributed by atoms with van der Waals surface area (Å²) in [6.07, 6.45) is 0. The van der Waals surface area contributed by atoms with Gasteiger partial charge in [-0.25, -0.2) is 12.7 Å². The first-order chi connectivity index (χ1) is 13.7. The third-order valence-electron chi connectivity index (χ3n) is 4.49. The molecule has 0 aliphatic carbocycles. The molecule has 0 bridgehead atoms. The van der Waals surface area contributed by atoms with Crippen LogP contribution in [0.1, 0.15) is 0 Å². The second-order valence-corrected chi connectivity index (χ2v) is 9.17. The van der Waals surface area contributed by atoms with Crippen molar-refractivity contribution in [2.75, 3.05) is 42.3 Å². The van der Waals surface area contributed by atoms with E-state index >= 15 is 0 Å². The molecule has 0 aliphatic rings. The third kappa shape index (κ3) is 4.18. The van der Waals surface area contributed by atoms with Gasteiger partial charge in [-0.3, -0.25) is 0 Å². The molecule has 0 unspecified atom stereocenters. The van der Waals surface area contributed by atoms with Gasteiger partial charge >= 0.3 is 0 Å². The summed E-state index contributed by atoms with van der Waals surface area (Å²) in [5.74, 6) is 0. The molecule has 0 saturated heterocycles. The third-order valence-corrected chi connectivity index (χ3v) is 6.65. The second-order valence-electron chi connectivity index (χ2n) is 7.00. The predicted molar refractivity (Wildman–Crippen MR) is 122 cm³/mol. The number of sulfonamides is 1. The average molecular weight is 430 g/mol. The van der Waals surface area contributed by atoms with E-state index in [2.05, 4.69) is 0 Å². The molecular weight excluding hydrogens is 406 g/mol. The van der Waals surface area contributed by atoms with Gasteiger partial charge in [0.05, 0.1) is 32.7 Å². The lowest BCUT2D eigenvalue weighted by atomic mass is 10.2. The Morgan fingerprint density at radius 3 is 1.59 bits per heavy atom. The Kier molecular flexibility index (Phi) is 6.05. The van der Waals surface area contributed by atoms with E-state index in [4.69, 9.17) is 11.6 Å².